The monoisotopic (exact) mass is 418 g/mol. The molecule has 5 aromatic rings. The Morgan fingerprint density at radius 3 is 2.10 bits per heavy atom. The molecule has 0 aliphatic heterocycles. The number of hydrogen-bond donors (Lipinski definition) is 0. The standard InChI is InChI=1S/C24H18O3S2/c1-15-18-7-3-4-8-19(18)22(16-11-13-17(14-12-16)27-29(2,25)26)23-20-9-5-6-10-21(20)28-24(15)23/h3-14H,1-2H3. The SMILES string of the molecule is Cc1c2ccccc2c(-c2ccc(OS(C)(=O)=O)cc2)c2c1sc1ccccc12. The molecule has 0 amide bonds. The molecule has 0 saturated carbocycles. The average molecular weight is 419 g/mol. The Balaban J connectivity index is 1.87. The van der Waals surface area contributed by atoms with Gasteiger partial charge in [0.05, 0.1) is 6.26 Å². The van der Waals surface area contributed by atoms with Crippen molar-refractivity contribution < 1.29 is 12.6 Å². The van der Waals surface area contributed by atoms with Gasteiger partial charge in [0.15, 0.2) is 0 Å². The van der Waals surface area contributed by atoms with Crippen LogP contribution in [-0.4, -0.2) is 14.7 Å². The second-order valence-corrected chi connectivity index (χ2v) is 9.79. The second kappa shape index (κ2) is 6.58. The molecule has 0 unspecified atom stereocenters. The van der Waals surface area contributed by atoms with Crippen LogP contribution in [0.15, 0.2) is 72.8 Å². The summed E-state index contributed by atoms with van der Waals surface area (Å²) in [5, 5.41) is 4.92. The third-order valence-electron chi connectivity index (χ3n) is 5.18. The quantitative estimate of drug-likeness (QED) is 0.313. The van der Waals surface area contributed by atoms with Crippen molar-refractivity contribution in [3.05, 3.63) is 78.4 Å². The van der Waals surface area contributed by atoms with E-state index >= 15 is 0 Å². The van der Waals surface area contributed by atoms with E-state index in [4.69, 9.17) is 4.18 Å². The van der Waals surface area contributed by atoms with Gasteiger partial charge in [-0.1, -0.05) is 54.6 Å². The maximum absolute atomic E-state index is 11.4. The molecule has 0 bridgehead atoms. The maximum atomic E-state index is 11.4. The minimum atomic E-state index is -3.55. The smallest absolute Gasteiger partial charge is 0.306 e. The Morgan fingerprint density at radius 1 is 0.793 bits per heavy atom. The highest BCUT2D eigenvalue weighted by molar-refractivity contribution is 7.86. The summed E-state index contributed by atoms with van der Waals surface area (Å²) < 4.78 is 30.4. The number of benzene rings is 4. The summed E-state index contributed by atoms with van der Waals surface area (Å²) in [5.41, 5.74) is 3.50. The van der Waals surface area contributed by atoms with E-state index in [1.54, 1.807) is 12.1 Å². The summed E-state index contributed by atoms with van der Waals surface area (Å²) in [6.07, 6.45) is 1.05. The number of thiophene rings is 1. The lowest BCUT2D eigenvalue weighted by Crippen LogP contribution is -2.05. The summed E-state index contributed by atoms with van der Waals surface area (Å²) in [5.74, 6) is 0.319. The summed E-state index contributed by atoms with van der Waals surface area (Å²) in [4.78, 5) is 0. The number of fused-ring (bicyclic) bond motifs is 4. The number of rotatable bonds is 3. The first-order valence-electron chi connectivity index (χ1n) is 9.25. The van der Waals surface area contributed by atoms with Crippen LogP contribution in [0.1, 0.15) is 5.56 Å². The minimum absolute atomic E-state index is 0.319. The van der Waals surface area contributed by atoms with Crippen LogP contribution in [0.4, 0.5) is 0 Å². The van der Waals surface area contributed by atoms with Crippen molar-refractivity contribution in [1.82, 2.24) is 0 Å². The van der Waals surface area contributed by atoms with Crippen LogP contribution in [0.3, 0.4) is 0 Å². The lowest BCUT2D eigenvalue weighted by Gasteiger charge is -2.13. The van der Waals surface area contributed by atoms with Crippen molar-refractivity contribution in [2.45, 2.75) is 6.92 Å². The van der Waals surface area contributed by atoms with Gasteiger partial charge in [-0.05, 0) is 52.6 Å². The van der Waals surface area contributed by atoms with Gasteiger partial charge in [0.1, 0.15) is 5.75 Å². The highest BCUT2D eigenvalue weighted by Crippen LogP contribution is 2.46. The average Bonchev–Trinajstić information content (AvgIpc) is 3.08. The molecule has 0 fully saturated rings. The van der Waals surface area contributed by atoms with Crippen molar-refractivity contribution in [3.8, 4) is 16.9 Å². The van der Waals surface area contributed by atoms with Crippen molar-refractivity contribution in [2.24, 2.45) is 0 Å². The van der Waals surface area contributed by atoms with Crippen molar-refractivity contribution in [2.75, 3.05) is 6.26 Å². The van der Waals surface area contributed by atoms with Gasteiger partial charge in [-0.25, -0.2) is 0 Å². The zero-order valence-electron chi connectivity index (χ0n) is 16.0. The Labute approximate surface area is 173 Å². The molecule has 0 saturated heterocycles. The highest BCUT2D eigenvalue weighted by atomic mass is 32.2. The van der Waals surface area contributed by atoms with Crippen LogP contribution in [-0.2, 0) is 10.1 Å². The van der Waals surface area contributed by atoms with Crippen LogP contribution < -0.4 is 4.18 Å². The van der Waals surface area contributed by atoms with Crippen LogP contribution in [0.25, 0.3) is 42.1 Å². The van der Waals surface area contributed by atoms with Crippen LogP contribution in [0.2, 0.25) is 0 Å². The predicted octanol–water partition coefficient (Wildman–Crippen LogP) is 6.52. The van der Waals surface area contributed by atoms with E-state index in [0.717, 1.165) is 11.8 Å². The molecule has 0 N–H and O–H groups in total. The van der Waals surface area contributed by atoms with Crippen molar-refractivity contribution in [1.29, 1.82) is 0 Å². The molecule has 1 heterocycles. The maximum Gasteiger partial charge on any atom is 0.306 e. The molecule has 3 nitrogen and oxygen atoms in total. The summed E-state index contributed by atoms with van der Waals surface area (Å²) in [7, 11) is -3.55. The summed E-state index contributed by atoms with van der Waals surface area (Å²) >= 11 is 1.82. The van der Waals surface area contributed by atoms with Crippen molar-refractivity contribution in [3.63, 3.8) is 0 Å². The first-order valence-corrected chi connectivity index (χ1v) is 11.9. The van der Waals surface area contributed by atoms with Gasteiger partial charge < -0.3 is 4.18 Å². The van der Waals surface area contributed by atoms with Gasteiger partial charge in [0, 0.05) is 20.2 Å². The van der Waals surface area contributed by atoms with Crippen LogP contribution in [0.5, 0.6) is 5.75 Å². The zero-order chi connectivity index (χ0) is 20.2. The van der Waals surface area contributed by atoms with Gasteiger partial charge in [-0.15, -0.1) is 11.3 Å². The summed E-state index contributed by atoms with van der Waals surface area (Å²) in [6, 6.07) is 24.2. The summed E-state index contributed by atoms with van der Waals surface area (Å²) in [6.45, 7) is 2.19. The molecule has 5 heteroatoms. The van der Waals surface area contributed by atoms with E-state index in [-0.39, 0.29) is 0 Å². The molecule has 0 atom stereocenters. The fourth-order valence-corrected chi connectivity index (χ4v) is 5.68. The molecule has 144 valence electrons. The van der Waals surface area contributed by atoms with Gasteiger partial charge >= 0.3 is 10.1 Å². The molecule has 0 radical (unpaired) electrons. The Bertz CT molecular complexity index is 1490. The van der Waals surface area contributed by atoms with E-state index in [2.05, 4.69) is 55.5 Å². The molecule has 4 aromatic carbocycles. The minimum Gasteiger partial charge on any atom is -0.383 e. The topological polar surface area (TPSA) is 43.4 Å². The predicted molar refractivity (Wildman–Crippen MR) is 122 cm³/mol. The molecule has 1 aromatic heterocycles. The van der Waals surface area contributed by atoms with E-state index in [1.165, 1.54) is 42.1 Å². The fourth-order valence-electron chi connectivity index (χ4n) is 3.99. The lowest BCUT2D eigenvalue weighted by molar-refractivity contribution is 0.493. The molecule has 0 aliphatic carbocycles. The van der Waals surface area contributed by atoms with Crippen molar-refractivity contribution >= 4 is 52.4 Å². The molecule has 5 rings (SSSR count). The Hall–Kier alpha value is -2.89. The molecule has 29 heavy (non-hydrogen) atoms. The van der Waals surface area contributed by atoms with E-state index in [9.17, 15) is 8.42 Å². The van der Waals surface area contributed by atoms with Crippen LogP contribution in [0, 0.1) is 6.92 Å². The lowest BCUT2D eigenvalue weighted by atomic mass is 9.91. The third kappa shape index (κ3) is 3.07. The molecular formula is C24H18O3S2. The van der Waals surface area contributed by atoms with Gasteiger partial charge in [0.25, 0.3) is 0 Å². The van der Waals surface area contributed by atoms with E-state index in [1.807, 2.05) is 23.5 Å². The Kier molecular flexibility index (Phi) is 4.12. The van der Waals surface area contributed by atoms with Crippen LogP contribution >= 0.6 is 11.3 Å². The normalized spacial score (nSPS) is 12.1. The van der Waals surface area contributed by atoms with E-state index < -0.39 is 10.1 Å². The van der Waals surface area contributed by atoms with Gasteiger partial charge in [0.2, 0.25) is 0 Å². The first kappa shape index (κ1) is 18.2. The molecule has 0 spiro atoms. The largest absolute Gasteiger partial charge is 0.383 e. The first-order chi connectivity index (χ1) is 13.9. The van der Waals surface area contributed by atoms with E-state index in [0.29, 0.717) is 5.75 Å². The van der Waals surface area contributed by atoms with Gasteiger partial charge in [-0.3, -0.25) is 0 Å². The zero-order valence-corrected chi connectivity index (χ0v) is 17.6. The number of aryl methyl sites for hydroxylation is 1. The Morgan fingerprint density at radius 2 is 1.41 bits per heavy atom. The third-order valence-corrected chi connectivity index (χ3v) is 6.96. The number of hydrogen-bond acceptors (Lipinski definition) is 4. The molecule has 0 aliphatic rings. The van der Waals surface area contributed by atoms with Gasteiger partial charge in [-0.2, -0.15) is 8.42 Å². The fraction of sp³-hybridized carbons (Fsp3) is 0.0833. The second-order valence-electron chi connectivity index (χ2n) is 7.16. The highest BCUT2D eigenvalue weighted by Gasteiger charge is 2.17. The molecular weight excluding hydrogens is 400 g/mol.